The Kier molecular flexibility index (Phi) is 9.54. The fourth-order valence-corrected chi connectivity index (χ4v) is 0.907. The van der Waals surface area contributed by atoms with Crippen LogP contribution < -0.4 is 15.2 Å². The van der Waals surface area contributed by atoms with E-state index in [4.69, 9.17) is 15.2 Å². The van der Waals surface area contributed by atoms with Crippen LogP contribution in [0.15, 0.2) is 24.3 Å². The molecule has 0 heterocycles. The van der Waals surface area contributed by atoms with Crippen molar-refractivity contribution in [2.24, 2.45) is 5.73 Å². The highest BCUT2D eigenvalue weighted by atomic mass is 35.5. The number of rotatable bonds is 4. The van der Waals surface area contributed by atoms with Gasteiger partial charge in [-0.3, -0.25) is 0 Å². The Hall–Kier alpha value is -0.970. The van der Waals surface area contributed by atoms with E-state index in [1.807, 2.05) is 24.3 Å². The molecule has 0 spiro atoms. The molecule has 0 atom stereocenters. The third-order valence-corrected chi connectivity index (χ3v) is 1.44. The Labute approximate surface area is 89.7 Å². The molecule has 14 heavy (non-hydrogen) atoms. The minimum Gasteiger partial charge on any atom is -0.493 e. The molecule has 1 aromatic rings. The van der Waals surface area contributed by atoms with Gasteiger partial charge in [0.15, 0.2) is 11.5 Å². The molecule has 0 bridgehead atoms. The van der Waals surface area contributed by atoms with Gasteiger partial charge in [-0.15, -0.1) is 12.4 Å². The smallest absolute Gasteiger partial charge is 0.161 e. The summed E-state index contributed by atoms with van der Waals surface area (Å²) in [5.41, 5.74) is 5.30. The molecule has 0 fully saturated rings. The van der Waals surface area contributed by atoms with E-state index >= 15 is 0 Å². The Bertz CT molecular complexity index is 245. The first-order chi connectivity index (χ1) is 5.88. The molecule has 0 amide bonds. The van der Waals surface area contributed by atoms with Crippen LogP contribution in [0.25, 0.3) is 0 Å². The first kappa shape index (κ1) is 15.5. The zero-order valence-electron chi connectivity index (χ0n) is 8.03. The maximum absolute atomic E-state index is 5.33. The molecule has 0 aromatic heterocycles. The van der Waals surface area contributed by atoms with Crippen molar-refractivity contribution in [3.05, 3.63) is 24.3 Å². The second-order valence-electron chi connectivity index (χ2n) is 2.29. The maximum Gasteiger partial charge on any atom is 0.161 e. The molecule has 0 aliphatic carbocycles. The monoisotopic (exact) mass is 221 g/mol. The lowest BCUT2D eigenvalue weighted by molar-refractivity contribution is 0.302. The number of hydrogen-bond acceptors (Lipinski definition) is 3. The molecule has 0 saturated heterocycles. The normalized spacial score (nSPS) is 8.14. The van der Waals surface area contributed by atoms with Crippen LogP contribution in [0.5, 0.6) is 11.5 Å². The van der Waals surface area contributed by atoms with E-state index in [1.54, 1.807) is 7.11 Å². The predicted octanol–water partition coefficient (Wildman–Crippen LogP) is 0.630. The van der Waals surface area contributed by atoms with Crippen LogP contribution in [-0.4, -0.2) is 25.7 Å². The number of para-hydroxylation sites is 2. The van der Waals surface area contributed by atoms with Crippen molar-refractivity contribution < 1.29 is 14.9 Å². The van der Waals surface area contributed by atoms with E-state index < -0.39 is 0 Å². The van der Waals surface area contributed by atoms with Crippen molar-refractivity contribution in [3.63, 3.8) is 0 Å². The van der Waals surface area contributed by atoms with Gasteiger partial charge in [0.1, 0.15) is 6.61 Å². The van der Waals surface area contributed by atoms with Gasteiger partial charge in [-0.05, 0) is 12.1 Å². The van der Waals surface area contributed by atoms with Crippen molar-refractivity contribution in [1.29, 1.82) is 0 Å². The number of ether oxygens (including phenoxy) is 2. The molecule has 1 aromatic carbocycles. The lowest BCUT2D eigenvalue weighted by Gasteiger charge is -2.08. The second-order valence-corrected chi connectivity index (χ2v) is 2.29. The summed E-state index contributed by atoms with van der Waals surface area (Å²) in [6.45, 7) is 1.03. The summed E-state index contributed by atoms with van der Waals surface area (Å²) in [7, 11) is 1.62. The average Bonchev–Trinajstić information content (AvgIpc) is 2.15. The van der Waals surface area contributed by atoms with Gasteiger partial charge < -0.3 is 20.7 Å². The highest BCUT2D eigenvalue weighted by Crippen LogP contribution is 2.25. The van der Waals surface area contributed by atoms with Gasteiger partial charge in [-0.2, -0.15) is 0 Å². The van der Waals surface area contributed by atoms with Crippen LogP contribution in [0.3, 0.4) is 0 Å². The Balaban J connectivity index is 0. The van der Waals surface area contributed by atoms with E-state index in [0.29, 0.717) is 13.2 Å². The van der Waals surface area contributed by atoms with Crippen molar-refractivity contribution >= 4 is 12.4 Å². The Morgan fingerprint density at radius 1 is 1.21 bits per heavy atom. The first-order valence-corrected chi connectivity index (χ1v) is 3.84. The minimum atomic E-state index is 0. The van der Waals surface area contributed by atoms with Gasteiger partial charge in [-0.1, -0.05) is 12.1 Å². The Morgan fingerprint density at radius 3 is 2.29 bits per heavy atom. The van der Waals surface area contributed by atoms with Gasteiger partial charge in [0.05, 0.1) is 7.11 Å². The molecular weight excluding hydrogens is 206 g/mol. The van der Waals surface area contributed by atoms with Crippen LogP contribution in [0.1, 0.15) is 0 Å². The predicted molar refractivity (Wildman–Crippen MR) is 58.4 cm³/mol. The van der Waals surface area contributed by atoms with Gasteiger partial charge in [0.25, 0.3) is 0 Å². The van der Waals surface area contributed by atoms with E-state index in [9.17, 15) is 0 Å². The number of halogens is 1. The SMILES string of the molecule is COc1ccccc1OCCN.Cl.O. The average molecular weight is 222 g/mol. The maximum atomic E-state index is 5.33. The Morgan fingerprint density at radius 2 is 1.79 bits per heavy atom. The summed E-state index contributed by atoms with van der Waals surface area (Å²) < 4.78 is 10.4. The molecule has 0 aliphatic rings. The van der Waals surface area contributed by atoms with Crippen LogP contribution in [-0.2, 0) is 0 Å². The molecule has 4 N–H and O–H groups in total. The summed E-state index contributed by atoms with van der Waals surface area (Å²) in [6, 6.07) is 7.50. The second kappa shape index (κ2) is 8.62. The van der Waals surface area contributed by atoms with E-state index in [-0.39, 0.29) is 17.9 Å². The highest BCUT2D eigenvalue weighted by Gasteiger charge is 2.00. The third-order valence-electron chi connectivity index (χ3n) is 1.44. The van der Waals surface area contributed by atoms with Gasteiger partial charge in [-0.25, -0.2) is 0 Å². The molecule has 0 radical (unpaired) electrons. The van der Waals surface area contributed by atoms with Crippen LogP contribution in [0.4, 0.5) is 0 Å². The van der Waals surface area contributed by atoms with Gasteiger partial charge in [0.2, 0.25) is 0 Å². The standard InChI is InChI=1S/C9H13NO2.ClH.H2O/c1-11-8-4-2-3-5-9(8)12-7-6-10;;/h2-5H,6-7,10H2,1H3;1H;1H2. The van der Waals surface area contributed by atoms with Crippen LogP contribution in [0, 0.1) is 0 Å². The molecule has 4 nitrogen and oxygen atoms in total. The zero-order valence-corrected chi connectivity index (χ0v) is 8.84. The van der Waals surface area contributed by atoms with Crippen molar-refractivity contribution in [1.82, 2.24) is 0 Å². The van der Waals surface area contributed by atoms with E-state index in [2.05, 4.69) is 0 Å². The summed E-state index contributed by atoms with van der Waals surface area (Å²) in [5, 5.41) is 0. The summed E-state index contributed by atoms with van der Waals surface area (Å²) in [5.74, 6) is 1.48. The summed E-state index contributed by atoms with van der Waals surface area (Å²) >= 11 is 0. The molecule has 0 aliphatic heterocycles. The largest absolute Gasteiger partial charge is 0.493 e. The number of hydrogen-bond donors (Lipinski definition) is 1. The zero-order chi connectivity index (χ0) is 8.81. The number of nitrogens with two attached hydrogens (primary N) is 1. The number of benzene rings is 1. The molecule has 0 saturated carbocycles. The van der Waals surface area contributed by atoms with Gasteiger partial charge in [0, 0.05) is 6.54 Å². The number of methoxy groups -OCH3 is 1. The lowest BCUT2D eigenvalue weighted by atomic mass is 10.3. The van der Waals surface area contributed by atoms with Crippen molar-refractivity contribution in [3.8, 4) is 11.5 Å². The minimum absolute atomic E-state index is 0. The highest BCUT2D eigenvalue weighted by molar-refractivity contribution is 5.85. The van der Waals surface area contributed by atoms with E-state index in [0.717, 1.165) is 11.5 Å². The molecule has 0 unspecified atom stereocenters. The summed E-state index contributed by atoms with van der Waals surface area (Å²) in [4.78, 5) is 0. The first-order valence-electron chi connectivity index (χ1n) is 3.84. The fourth-order valence-electron chi connectivity index (χ4n) is 0.907. The molecular formula is C9H16ClNO3. The molecule has 5 heteroatoms. The third kappa shape index (κ3) is 4.32. The van der Waals surface area contributed by atoms with Crippen molar-refractivity contribution in [2.45, 2.75) is 0 Å². The van der Waals surface area contributed by atoms with Crippen LogP contribution in [0.2, 0.25) is 0 Å². The van der Waals surface area contributed by atoms with E-state index in [1.165, 1.54) is 0 Å². The fraction of sp³-hybridized carbons (Fsp3) is 0.333. The lowest BCUT2D eigenvalue weighted by Crippen LogP contribution is -2.10. The molecule has 82 valence electrons. The molecule has 1 rings (SSSR count). The quantitative estimate of drug-likeness (QED) is 0.810. The van der Waals surface area contributed by atoms with Crippen molar-refractivity contribution in [2.75, 3.05) is 20.3 Å². The topological polar surface area (TPSA) is 76.0 Å². The van der Waals surface area contributed by atoms with Crippen LogP contribution >= 0.6 is 12.4 Å². The summed E-state index contributed by atoms with van der Waals surface area (Å²) in [6.07, 6.45) is 0. The van der Waals surface area contributed by atoms with Gasteiger partial charge >= 0.3 is 0 Å².